The number of hydrogen-bond acceptors (Lipinski definition) is 4. The van der Waals surface area contributed by atoms with E-state index in [0.717, 1.165) is 44.8 Å². The van der Waals surface area contributed by atoms with E-state index in [9.17, 15) is 4.79 Å². The Morgan fingerprint density at radius 3 is 2.45 bits per heavy atom. The molecule has 1 aliphatic rings. The van der Waals surface area contributed by atoms with E-state index < -0.39 is 5.97 Å². The number of benzene rings is 1. The predicted octanol–water partition coefficient (Wildman–Crippen LogP) is 1.53. The van der Waals surface area contributed by atoms with Crippen LogP contribution in [0.2, 0.25) is 0 Å². The Morgan fingerprint density at radius 1 is 1.25 bits per heavy atom. The smallest absolute Gasteiger partial charge is 0.339 e. The maximum Gasteiger partial charge on any atom is 0.339 e. The number of rotatable bonds is 5. The maximum absolute atomic E-state index is 11.1. The van der Waals surface area contributed by atoms with Crippen molar-refractivity contribution in [3.05, 3.63) is 29.3 Å². The summed E-state index contributed by atoms with van der Waals surface area (Å²) in [6.45, 7) is 8.43. The van der Waals surface area contributed by atoms with Gasteiger partial charge in [0.1, 0.15) is 11.3 Å². The van der Waals surface area contributed by atoms with Crippen LogP contribution in [0, 0.1) is 0 Å². The van der Waals surface area contributed by atoms with Crippen LogP contribution in [0.25, 0.3) is 0 Å². The molecule has 0 amide bonds. The molecule has 1 N–H and O–H groups in total. The summed E-state index contributed by atoms with van der Waals surface area (Å²) in [4.78, 5) is 15.9. The Bertz CT molecular complexity index is 468. The number of methoxy groups -OCH3 is 1. The summed E-state index contributed by atoms with van der Waals surface area (Å²) in [6, 6.07) is 5.33. The highest BCUT2D eigenvalue weighted by Gasteiger charge is 2.17. The van der Waals surface area contributed by atoms with Gasteiger partial charge in [-0.2, -0.15) is 0 Å². The minimum atomic E-state index is -0.954. The van der Waals surface area contributed by atoms with E-state index in [-0.39, 0.29) is 5.56 Å². The van der Waals surface area contributed by atoms with Gasteiger partial charge in [-0.3, -0.25) is 4.90 Å². The van der Waals surface area contributed by atoms with Crippen molar-refractivity contribution >= 4 is 5.97 Å². The van der Waals surface area contributed by atoms with E-state index in [2.05, 4.69) is 16.7 Å². The zero-order chi connectivity index (χ0) is 14.5. The topological polar surface area (TPSA) is 53.0 Å². The van der Waals surface area contributed by atoms with E-state index >= 15 is 0 Å². The molecule has 1 saturated heterocycles. The summed E-state index contributed by atoms with van der Waals surface area (Å²) in [5, 5.41) is 9.07. The molecule has 5 nitrogen and oxygen atoms in total. The molecule has 0 bridgehead atoms. The standard InChI is InChI=1S/C15H22N2O3/c1-3-16-6-8-17(9-7-16)11-12-4-5-13(15(18)19)14(10-12)20-2/h4-5,10H,3,6-9,11H2,1-2H3,(H,18,19). The number of piperazine rings is 1. The fraction of sp³-hybridized carbons (Fsp3) is 0.533. The van der Waals surface area contributed by atoms with E-state index in [1.807, 2.05) is 12.1 Å². The maximum atomic E-state index is 11.1. The van der Waals surface area contributed by atoms with Crippen LogP contribution in [0.5, 0.6) is 5.75 Å². The van der Waals surface area contributed by atoms with Crippen LogP contribution < -0.4 is 4.74 Å². The molecule has 0 unspecified atom stereocenters. The van der Waals surface area contributed by atoms with Gasteiger partial charge in [0.25, 0.3) is 0 Å². The minimum Gasteiger partial charge on any atom is -0.496 e. The van der Waals surface area contributed by atoms with Gasteiger partial charge in [0.2, 0.25) is 0 Å². The van der Waals surface area contributed by atoms with Crippen LogP contribution in [-0.2, 0) is 6.54 Å². The lowest BCUT2D eigenvalue weighted by Gasteiger charge is -2.34. The SMILES string of the molecule is CCN1CCN(Cc2ccc(C(=O)O)c(OC)c2)CC1. The summed E-state index contributed by atoms with van der Waals surface area (Å²) in [7, 11) is 1.51. The monoisotopic (exact) mass is 278 g/mol. The summed E-state index contributed by atoms with van der Waals surface area (Å²) in [5.74, 6) is -0.521. The van der Waals surface area contributed by atoms with Crippen molar-refractivity contribution in [1.29, 1.82) is 0 Å². The van der Waals surface area contributed by atoms with Gasteiger partial charge in [-0.25, -0.2) is 4.79 Å². The van der Waals surface area contributed by atoms with Crippen LogP contribution in [0.4, 0.5) is 0 Å². The van der Waals surface area contributed by atoms with Crippen molar-refractivity contribution in [1.82, 2.24) is 9.80 Å². The normalized spacial score (nSPS) is 17.1. The lowest BCUT2D eigenvalue weighted by atomic mass is 10.1. The van der Waals surface area contributed by atoms with Gasteiger partial charge in [0.05, 0.1) is 7.11 Å². The number of hydrogen-bond donors (Lipinski definition) is 1. The number of carboxylic acid groups (broad SMARTS) is 1. The number of carbonyl (C=O) groups is 1. The molecule has 1 aromatic rings. The molecule has 1 aromatic carbocycles. The molecule has 0 radical (unpaired) electrons. The second-order valence-corrected chi connectivity index (χ2v) is 5.05. The van der Waals surface area contributed by atoms with E-state index in [1.54, 1.807) is 6.07 Å². The average molecular weight is 278 g/mol. The van der Waals surface area contributed by atoms with Gasteiger partial charge in [-0.15, -0.1) is 0 Å². The van der Waals surface area contributed by atoms with Crippen molar-refractivity contribution in [2.45, 2.75) is 13.5 Å². The van der Waals surface area contributed by atoms with Crippen molar-refractivity contribution in [3.63, 3.8) is 0 Å². The van der Waals surface area contributed by atoms with Gasteiger partial charge in [0.15, 0.2) is 0 Å². The first-order chi connectivity index (χ1) is 9.63. The molecule has 110 valence electrons. The van der Waals surface area contributed by atoms with E-state index in [0.29, 0.717) is 5.75 Å². The van der Waals surface area contributed by atoms with Crippen LogP contribution in [0.15, 0.2) is 18.2 Å². The molecule has 0 atom stereocenters. The van der Waals surface area contributed by atoms with Gasteiger partial charge in [-0.05, 0) is 24.2 Å². The van der Waals surface area contributed by atoms with Gasteiger partial charge in [0, 0.05) is 32.7 Å². The van der Waals surface area contributed by atoms with Crippen molar-refractivity contribution in [2.24, 2.45) is 0 Å². The van der Waals surface area contributed by atoms with Gasteiger partial charge in [-0.1, -0.05) is 13.0 Å². The molecule has 1 aliphatic heterocycles. The van der Waals surface area contributed by atoms with E-state index in [1.165, 1.54) is 7.11 Å². The molecule has 0 saturated carbocycles. The fourth-order valence-corrected chi connectivity index (χ4v) is 2.53. The molecule has 0 aromatic heterocycles. The van der Waals surface area contributed by atoms with Crippen LogP contribution in [-0.4, -0.2) is 60.7 Å². The Labute approximate surface area is 119 Å². The third kappa shape index (κ3) is 3.49. The molecule has 0 spiro atoms. The average Bonchev–Trinajstić information content (AvgIpc) is 2.47. The van der Waals surface area contributed by atoms with E-state index in [4.69, 9.17) is 9.84 Å². The number of carboxylic acids is 1. The summed E-state index contributed by atoms with van der Waals surface area (Å²) >= 11 is 0. The van der Waals surface area contributed by atoms with Gasteiger partial charge >= 0.3 is 5.97 Å². The first-order valence-electron chi connectivity index (χ1n) is 6.99. The molecule has 1 fully saturated rings. The molecule has 1 heterocycles. The number of likely N-dealkylation sites (N-methyl/N-ethyl adjacent to an activating group) is 1. The zero-order valence-corrected chi connectivity index (χ0v) is 12.1. The first-order valence-corrected chi connectivity index (χ1v) is 6.99. The Kier molecular flexibility index (Phi) is 4.98. The predicted molar refractivity (Wildman–Crippen MR) is 77.3 cm³/mol. The Balaban J connectivity index is 2.01. The molecule has 0 aliphatic carbocycles. The highest BCUT2D eigenvalue weighted by molar-refractivity contribution is 5.90. The molecule has 2 rings (SSSR count). The highest BCUT2D eigenvalue weighted by Crippen LogP contribution is 2.21. The highest BCUT2D eigenvalue weighted by atomic mass is 16.5. The fourth-order valence-electron chi connectivity index (χ4n) is 2.53. The Morgan fingerprint density at radius 2 is 1.90 bits per heavy atom. The molecular formula is C15H22N2O3. The second kappa shape index (κ2) is 6.72. The minimum absolute atomic E-state index is 0.215. The van der Waals surface area contributed by atoms with Crippen molar-refractivity contribution in [2.75, 3.05) is 39.8 Å². The first kappa shape index (κ1) is 14.8. The summed E-state index contributed by atoms with van der Waals surface area (Å²) in [6.07, 6.45) is 0. The molecular weight excluding hydrogens is 256 g/mol. The molecule has 5 heteroatoms. The largest absolute Gasteiger partial charge is 0.496 e. The Hall–Kier alpha value is -1.59. The second-order valence-electron chi connectivity index (χ2n) is 5.05. The van der Waals surface area contributed by atoms with Gasteiger partial charge < -0.3 is 14.7 Å². The lowest BCUT2D eigenvalue weighted by molar-refractivity contribution is 0.0693. The number of nitrogens with zero attached hydrogens (tertiary/aromatic N) is 2. The zero-order valence-electron chi connectivity index (χ0n) is 12.1. The number of ether oxygens (including phenoxy) is 1. The van der Waals surface area contributed by atoms with Crippen LogP contribution in [0.1, 0.15) is 22.8 Å². The quantitative estimate of drug-likeness (QED) is 0.885. The van der Waals surface area contributed by atoms with Crippen LogP contribution in [0.3, 0.4) is 0 Å². The van der Waals surface area contributed by atoms with Crippen molar-refractivity contribution < 1.29 is 14.6 Å². The number of aromatic carboxylic acids is 1. The summed E-state index contributed by atoms with van der Waals surface area (Å²) < 4.78 is 5.16. The molecule has 20 heavy (non-hydrogen) atoms. The van der Waals surface area contributed by atoms with Crippen molar-refractivity contribution in [3.8, 4) is 5.75 Å². The third-order valence-corrected chi connectivity index (χ3v) is 3.81. The summed E-state index contributed by atoms with van der Waals surface area (Å²) in [5.41, 5.74) is 1.31. The third-order valence-electron chi connectivity index (χ3n) is 3.81. The van der Waals surface area contributed by atoms with Crippen LogP contribution >= 0.6 is 0 Å². The lowest BCUT2D eigenvalue weighted by Crippen LogP contribution is -2.45.